The van der Waals surface area contributed by atoms with Crippen LogP contribution in [0.2, 0.25) is 0 Å². The number of rotatable bonds is 3. The maximum atomic E-state index is 10.1. The lowest BCUT2D eigenvalue weighted by Gasteiger charge is -2.22. The Balaban J connectivity index is 2.06. The number of ether oxygens (including phenoxy) is 1. The van der Waals surface area contributed by atoms with E-state index in [-0.39, 0.29) is 0 Å². The van der Waals surface area contributed by atoms with Crippen LogP contribution in [0.4, 0.5) is 11.4 Å². The third-order valence-corrected chi connectivity index (χ3v) is 3.70. The molecule has 0 bridgehead atoms. The zero-order valence-electron chi connectivity index (χ0n) is 9.79. The topological polar surface area (TPSA) is 67.5 Å². The zero-order chi connectivity index (χ0) is 12.5. The summed E-state index contributed by atoms with van der Waals surface area (Å²) in [5.41, 5.74) is 7.77. The van der Waals surface area contributed by atoms with E-state index in [1.54, 1.807) is 0 Å². The van der Waals surface area contributed by atoms with E-state index in [0.717, 1.165) is 21.4 Å². The molecule has 4 nitrogen and oxygen atoms in total. The predicted molar refractivity (Wildman–Crippen MR) is 72.2 cm³/mol. The maximum Gasteiger partial charge on any atom is 0.107 e. The normalized spacial score (nSPS) is 23.9. The Morgan fingerprint density at radius 1 is 1.59 bits per heavy atom. The highest BCUT2D eigenvalue weighted by Crippen LogP contribution is 2.29. The summed E-state index contributed by atoms with van der Waals surface area (Å²) in [6.07, 6.45) is 0.672. The van der Waals surface area contributed by atoms with E-state index in [9.17, 15) is 5.11 Å². The molecule has 0 aromatic heterocycles. The Kier molecular flexibility index (Phi) is 3.61. The summed E-state index contributed by atoms with van der Waals surface area (Å²) < 4.78 is 6.11. The lowest BCUT2D eigenvalue weighted by atomic mass is 10.0. The van der Waals surface area contributed by atoms with Gasteiger partial charge in [0.15, 0.2) is 0 Å². The molecule has 2 rings (SSSR count). The van der Waals surface area contributed by atoms with Gasteiger partial charge in [-0.15, -0.1) is 0 Å². The Hall–Kier alpha value is -0.780. The predicted octanol–water partition coefficient (Wildman–Crippen LogP) is 1.90. The summed E-state index contributed by atoms with van der Waals surface area (Å²) in [7, 11) is 0. The van der Waals surface area contributed by atoms with E-state index in [1.807, 2.05) is 19.1 Å². The fourth-order valence-corrected chi connectivity index (χ4v) is 2.33. The summed E-state index contributed by atoms with van der Waals surface area (Å²) in [5, 5.41) is 13.4. The van der Waals surface area contributed by atoms with Crippen LogP contribution in [0.1, 0.15) is 12.0 Å². The van der Waals surface area contributed by atoms with Crippen molar-refractivity contribution in [3.8, 4) is 0 Å². The molecular weight excluding hydrogens is 284 g/mol. The third kappa shape index (κ3) is 2.91. The summed E-state index contributed by atoms with van der Waals surface area (Å²) in [4.78, 5) is 0. The summed E-state index contributed by atoms with van der Waals surface area (Å²) in [5.74, 6) is 0. The monoisotopic (exact) mass is 300 g/mol. The van der Waals surface area contributed by atoms with Crippen molar-refractivity contribution in [1.29, 1.82) is 0 Å². The second kappa shape index (κ2) is 4.84. The first-order chi connectivity index (χ1) is 8.00. The summed E-state index contributed by atoms with van der Waals surface area (Å²) >= 11 is 3.45. The SMILES string of the molecule is Cc1cc(NCC2(O)CCOC2)c(Br)cc1N. The Bertz CT molecular complexity index is 417. The second-order valence-electron chi connectivity index (χ2n) is 4.57. The average molecular weight is 301 g/mol. The molecule has 5 heteroatoms. The van der Waals surface area contributed by atoms with Crippen LogP contribution in [0.3, 0.4) is 0 Å². The minimum Gasteiger partial charge on any atom is -0.398 e. The smallest absolute Gasteiger partial charge is 0.107 e. The molecule has 1 heterocycles. The highest BCUT2D eigenvalue weighted by Gasteiger charge is 2.32. The van der Waals surface area contributed by atoms with E-state index in [0.29, 0.717) is 26.2 Å². The quantitative estimate of drug-likeness (QED) is 0.746. The van der Waals surface area contributed by atoms with Gasteiger partial charge in [-0.3, -0.25) is 0 Å². The van der Waals surface area contributed by atoms with E-state index in [2.05, 4.69) is 21.2 Å². The number of halogens is 1. The van der Waals surface area contributed by atoms with Crippen molar-refractivity contribution in [3.63, 3.8) is 0 Å². The number of hydrogen-bond donors (Lipinski definition) is 3. The molecule has 1 aliphatic rings. The van der Waals surface area contributed by atoms with Crippen LogP contribution in [0.5, 0.6) is 0 Å². The fraction of sp³-hybridized carbons (Fsp3) is 0.500. The molecule has 0 radical (unpaired) electrons. The van der Waals surface area contributed by atoms with Gasteiger partial charge in [-0.05, 0) is 40.5 Å². The Labute approximate surface area is 109 Å². The number of anilines is 2. The van der Waals surface area contributed by atoms with Crippen molar-refractivity contribution in [2.24, 2.45) is 0 Å². The minimum absolute atomic E-state index is 0.394. The molecule has 1 atom stereocenters. The number of aliphatic hydroxyl groups is 1. The fourth-order valence-electron chi connectivity index (χ4n) is 1.83. The van der Waals surface area contributed by atoms with Gasteiger partial charge in [-0.2, -0.15) is 0 Å². The summed E-state index contributed by atoms with van der Waals surface area (Å²) in [6.45, 7) is 3.46. The minimum atomic E-state index is -0.755. The van der Waals surface area contributed by atoms with E-state index in [1.165, 1.54) is 0 Å². The molecule has 1 aromatic rings. The number of nitrogens with one attached hydrogen (secondary N) is 1. The average Bonchev–Trinajstić information content (AvgIpc) is 2.69. The van der Waals surface area contributed by atoms with Gasteiger partial charge in [0.05, 0.1) is 6.61 Å². The van der Waals surface area contributed by atoms with Gasteiger partial charge in [-0.1, -0.05) is 0 Å². The Morgan fingerprint density at radius 3 is 3.00 bits per heavy atom. The number of benzene rings is 1. The molecular formula is C12H17BrN2O2. The molecule has 1 aromatic carbocycles. The van der Waals surface area contributed by atoms with E-state index in [4.69, 9.17) is 10.5 Å². The van der Waals surface area contributed by atoms with Crippen LogP contribution < -0.4 is 11.1 Å². The van der Waals surface area contributed by atoms with Crippen molar-refractivity contribution < 1.29 is 9.84 Å². The molecule has 94 valence electrons. The van der Waals surface area contributed by atoms with Crippen LogP contribution in [0, 0.1) is 6.92 Å². The molecule has 17 heavy (non-hydrogen) atoms. The van der Waals surface area contributed by atoms with Gasteiger partial charge in [-0.25, -0.2) is 0 Å². The molecule has 0 amide bonds. The first-order valence-corrected chi connectivity index (χ1v) is 6.39. The van der Waals surface area contributed by atoms with Crippen molar-refractivity contribution in [2.45, 2.75) is 18.9 Å². The van der Waals surface area contributed by atoms with Crippen molar-refractivity contribution >= 4 is 27.3 Å². The van der Waals surface area contributed by atoms with Crippen LogP contribution >= 0.6 is 15.9 Å². The molecule has 0 aliphatic carbocycles. The zero-order valence-corrected chi connectivity index (χ0v) is 11.4. The molecule has 1 saturated heterocycles. The van der Waals surface area contributed by atoms with E-state index < -0.39 is 5.60 Å². The van der Waals surface area contributed by atoms with Crippen LogP contribution in [-0.2, 0) is 4.74 Å². The van der Waals surface area contributed by atoms with Gasteiger partial charge in [0.2, 0.25) is 0 Å². The molecule has 0 saturated carbocycles. The molecule has 1 aliphatic heterocycles. The molecule has 4 N–H and O–H groups in total. The number of nitrogen functional groups attached to an aromatic ring is 1. The second-order valence-corrected chi connectivity index (χ2v) is 5.42. The van der Waals surface area contributed by atoms with Gasteiger partial charge in [0, 0.05) is 35.4 Å². The van der Waals surface area contributed by atoms with Gasteiger partial charge in [0.25, 0.3) is 0 Å². The first-order valence-electron chi connectivity index (χ1n) is 5.60. The van der Waals surface area contributed by atoms with Crippen molar-refractivity contribution in [1.82, 2.24) is 0 Å². The number of nitrogens with two attached hydrogens (primary N) is 1. The Morgan fingerprint density at radius 2 is 2.35 bits per heavy atom. The van der Waals surface area contributed by atoms with Crippen molar-refractivity contribution in [2.75, 3.05) is 30.8 Å². The van der Waals surface area contributed by atoms with Gasteiger partial charge in [0.1, 0.15) is 5.60 Å². The van der Waals surface area contributed by atoms with Crippen LogP contribution in [0.15, 0.2) is 16.6 Å². The third-order valence-electron chi connectivity index (χ3n) is 3.05. The van der Waals surface area contributed by atoms with E-state index >= 15 is 0 Å². The summed E-state index contributed by atoms with van der Waals surface area (Å²) in [6, 6.07) is 3.84. The van der Waals surface area contributed by atoms with Crippen LogP contribution in [-0.4, -0.2) is 30.5 Å². The molecule has 1 unspecified atom stereocenters. The highest BCUT2D eigenvalue weighted by molar-refractivity contribution is 9.10. The maximum absolute atomic E-state index is 10.1. The van der Waals surface area contributed by atoms with Crippen molar-refractivity contribution in [3.05, 3.63) is 22.2 Å². The molecule has 1 fully saturated rings. The standard InChI is InChI=1S/C12H17BrN2O2/c1-8-4-11(9(13)5-10(8)14)15-6-12(16)2-3-17-7-12/h4-5,15-16H,2-3,6-7,14H2,1H3. The van der Waals surface area contributed by atoms with Gasteiger partial charge < -0.3 is 20.9 Å². The largest absolute Gasteiger partial charge is 0.398 e. The lowest BCUT2D eigenvalue weighted by Crippen LogP contribution is -2.37. The lowest BCUT2D eigenvalue weighted by molar-refractivity contribution is 0.0382. The van der Waals surface area contributed by atoms with Gasteiger partial charge >= 0.3 is 0 Å². The number of aryl methyl sites for hydroxylation is 1. The molecule has 0 spiro atoms. The first kappa shape index (κ1) is 12.7. The number of hydrogen-bond acceptors (Lipinski definition) is 4. The highest BCUT2D eigenvalue weighted by atomic mass is 79.9. The van der Waals surface area contributed by atoms with Crippen LogP contribution in [0.25, 0.3) is 0 Å².